The first kappa shape index (κ1) is 11.5. The fourth-order valence-corrected chi connectivity index (χ4v) is 2.58. The van der Waals surface area contributed by atoms with Gasteiger partial charge >= 0.3 is 0 Å². The Kier molecular flexibility index (Phi) is 3.88. The number of imidazole rings is 1. The highest BCUT2D eigenvalue weighted by Gasteiger charge is 2.09. The molecule has 1 atom stereocenters. The molecule has 0 spiro atoms. The molecule has 0 aliphatic carbocycles. The molecular weight excluding hydrogens is 220 g/mol. The van der Waals surface area contributed by atoms with Crippen molar-refractivity contribution in [3.8, 4) is 0 Å². The van der Waals surface area contributed by atoms with Crippen LogP contribution in [0, 0.1) is 13.8 Å². The van der Waals surface area contributed by atoms with Crippen LogP contribution in [0.3, 0.4) is 0 Å². The molecule has 16 heavy (non-hydrogen) atoms. The Balaban J connectivity index is 1.64. The number of hydrogen-bond acceptors (Lipinski definition) is 4. The van der Waals surface area contributed by atoms with Gasteiger partial charge in [0.2, 0.25) is 0 Å². The quantitative estimate of drug-likeness (QED) is 0.608. The Morgan fingerprint density at radius 2 is 2.38 bits per heavy atom. The average Bonchev–Trinajstić information content (AvgIpc) is 2.85. The first-order chi connectivity index (χ1) is 7.75. The molecule has 0 fully saturated rings. The van der Waals surface area contributed by atoms with Gasteiger partial charge in [0.25, 0.3) is 0 Å². The van der Waals surface area contributed by atoms with Crippen molar-refractivity contribution >= 4 is 18.1 Å². The topological polar surface area (TPSA) is 53.1 Å². The van der Waals surface area contributed by atoms with Crippen LogP contribution >= 0.6 is 11.8 Å². The van der Waals surface area contributed by atoms with Crippen molar-refractivity contribution in [1.82, 2.24) is 15.3 Å². The largest absolute Gasteiger partial charge is 0.372 e. The normalized spacial score (nSPS) is 19.0. The summed E-state index contributed by atoms with van der Waals surface area (Å²) in [7, 11) is 0. The molecule has 1 aromatic heterocycles. The van der Waals surface area contributed by atoms with E-state index in [-0.39, 0.29) is 0 Å². The zero-order valence-electron chi connectivity index (χ0n) is 9.79. The Labute approximate surface area is 100 Å². The van der Waals surface area contributed by atoms with E-state index in [2.05, 4.69) is 27.2 Å². The summed E-state index contributed by atoms with van der Waals surface area (Å²) < 4.78 is 0. The predicted molar refractivity (Wildman–Crippen MR) is 68.3 cm³/mol. The number of aryl methyl sites for hydroxylation is 2. The SMILES string of the molecule is Cc1nc(SCCCC2CN=CN2)[nH]c1C. The monoisotopic (exact) mass is 238 g/mol. The van der Waals surface area contributed by atoms with Crippen LogP contribution in [0.1, 0.15) is 24.2 Å². The second-order valence-electron chi connectivity index (χ2n) is 4.10. The summed E-state index contributed by atoms with van der Waals surface area (Å²) in [5.74, 6) is 1.12. The van der Waals surface area contributed by atoms with E-state index in [4.69, 9.17) is 0 Å². The van der Waals surface area contributed by atoms with Gasteiger partial charge in [0.1, 0.15) is 0 Å². The molecule has 0 bridgehead atoms. The van der Waals surface area contributed by atoms with Crippen LogP contribution < -0.4 is 5.32 Å². The number of aromatic nitrogens is 2. The van der Waals surface area contributed by atoms with Gasteiger partial charge in [-0.3, -0.25) is 4.99 Å². The number of aliphatic imine (C=N–C) groups is 1. The van der Waals surface area contributed by atoms with E-state index in [0.29, 0.717) is 6.04 Å². The van der Waals surface area contributed by atoms with Crippen LogP contribution in [-0.4, -0.2) is 34.6 Å². The maximum Gasteiger partial charge on any atom is 0.165 e. The third kappa shape index (κ3) is 3.01. The average molecular weight is 238 g/mol. The minimum absolute atomic E-state index is 0.556. The maximum atomic E-state index is 4.45. The molecule has 0 aromatic carbocycles. The molecule has 0 saturated carbocycles. The zero-order valence-corrected chi connectivity index (χ0v) is 10.6. The van der Waals surface area contributed by atoms with Crippen LogP contribution in [0.4, 0.5) is 0 Å². The van der Waals surface area contributed by atoms with Crippen molar-refractivity contribution in [3.05, 3.63) is 11.4 Å². The summed E-state index contributed by atoms with van der Waals surface area (Å²) in [5, 5.41) is 4.29. The Morgan fingerprint density at radius 3 is 3.00 bits per heavy atom. The maximum absolute atomic E-state index is 4.45. The Morgan fingerprint density at radius 1 is 1.50 bits per heavy atom. The molecule has 1 aromatic rings. The summed E-state index contributed by atoms with van der Waals surface area (Å²) in [6.45, 7) is 5.03. The molecule has 88 valence electrons. The van der Waals surface area contributed by atoms with Crippen molar-refractivity contribution in [2.45, 2.75) is 37.9 Å². The van der Waals surface area contributed by atoms with Crippen LogP contribution in [0.15, 0.2) is 10.1 Å². The molecule has 2 rings (SSSR count). The van der Waals surface area contributed by atoms with Crippen molar-refractivity contribution in [2.24, 2.45) is 4.99 Å². The van der Waals surface area contributed by atoms with Crippen molar-refractivity contribution < 1.29 is 0 Å². The van der Waals surface area contributed by atoms with Crippen molar-refractivity contribution in [1.29, 1.82) is 0 Å². The molecule has 2 N–H and O–H groups in total. The first-order valence-electron chi connectivity index (χ1n) is 5.66. The molecule has 1 unspecified atom stereocenters. The fraction of sp³-hybridized carbons (Fsp3) is 0.636. The highest BCUT2D eigenvalue weighted by Crippen LogP contribution is 2.18. The van der Waals surface area contributed by atoms with Crippen molar-refractivity contribution in [2.75, 3.05) is 12.3 Å². The lowest BCUT2D eigenvalue weighted by atomic mass is 10.2. The second-order valence-corrected chi connectivity index (χ2v) is 5.18. The van der Waals surface area contributed by atoms with Gasteiger partial charge < -0.3 is 10.3 Å². The Hall–Kier alpha value is -0.970. The fourth-order valence-electron chi connectivity index (χ4n) is 1.65. The van der Waals surface area contributed by atoms with E-state index < -0.39 is 0 Å². The minimum Gasteiger partial charge on any atom is -0.372 e. The number of thioether (sulfide) groups is 1. The van der Waals surface area contributed by atoms with Gasteiger partial charge in [-0.15, -0.1) is 0 Å². The van der Waals surface area contributed by atoms with Gasteiger partial charge in [0.15, 0.2) is 5.16 Å². The summed E-state index contributed by atoms with van der Waals surface area (Å²) in [6.07, 6.45) is 4.20. The van der Waals surface area contributed by atoms with E-state index in [0.717, 1.165) is 23.1 Å². The van der Waals surface area contributed by atoms with E-state index in [1.165, 1.54) is 18.5 Å². The van der Waals surface area contributed by atoms with Crippen molar-refractivity contribution in [3.63, 3.8) is 0 Å². The van der Waals surface area contributed by atoms with Crippen LogP contribution in [-0.2, 0) is 0 Å². The standard InChI is InChI=1S/C11H18N4S/c1-8-9(2)15-11(14-8)16-5-3-4-10-6-12-7-13-10/h7,10H,3-6H2,1-2H3,(H,12,13)(H,14,15). The van der Waals surface area contributed by atoms with Gasteiger partial charge in [0.05, 0.1) is 18.6 Å². The second kappa shape index (κ2) is 5.39. The summed E-state index contributed by atoms with van der Waals surface area (Å²) in [5.41, 5.74) is 2.28. The number of nitrogens with zero attached hydrogens (tertiary/aromatic N) is 2. The smallest absolute Gasteiger partial charge is 0.165 e. The first-order valence-corrected chi connectivity index (χ1v) is 6.64. The molecule has 0 saturated heterocycles. The summed E-state index contributed by atoms with van der Waals surface area (Å²) in [4.78, 5) is 11.9. The molecule has 1 aliphatic heterocycles. The molecule has 5 heteroatoms. The number of nitrogens with one attached hydrogen (secondary N) is 2. The van der Waals surface area contributed by atoms with Gasteiger partial charge in [0, 0.05) is 17.5 Å². The van der Waals surface area contributed by atoms with Gasteiger partial charge in [-0.2, -0.15) is 0 Å². The van der Waals surface area contributed by atoms with Crippen LogP contribution in [0.5, 0.6) is 0 Å². The number of H-pyrrole nitrogens is 1. The highest BCUT2D eigenvalue weighted by molar-refractivity contribution is 7.99. The molecule has 0 radical (unpaired) electrons. The molecule has 1 aliphatic rings. The zero-order chi connectivity index (χ0) is 11.4. The summed E-state index contributed by atoms with van der Waals surface area (Å²) in [6, 6.07) is 0.556. The van der Waals surface area contributed by atoms with E-state index in [9.17, 15) is 0 Å². The lowest BCUT2D eigenvalue weighted by Crippen LogP contribution is -2.24. The molecule has 0 amide bonds. The third-order valence-electron chi connectivity index (χ3n) is 2.77. The van der Waals surface area contributed by atoms with E-state index >= 15 is 0 Å². The Bertz CT molecular complexity index is 345. The van der Waals surface area contributed by atoms with Gasteiger partial charge in [-0.1, -0.05) is 11.8 Å². The summed E-state index contributed by atoms with van der Waals surface area (Å²) >= 11 is 1.80. The lowest BCUT2D eigenvalue weighted by molar-refractivity contribution is 0.596. The third-order valence-corrected chi connectivity index (χ3v) is 3.73. The van der Waals surface area contributed by atoms with Crippen LogP contribution in [0.2, 0.25) is 0 Å². The van der Waals surface area contributed by atoms with Gasteiger partial charge in [-0.25, -0.2) is 4.98 Å². The molecular formula is C11H18N4S. The highest BCUT2D eigenvalue weighted by atomic mass is 32.2. The van der Waals surface area contributed by atoms with E-state index in [1.54, 1.807) is 11.8 Å². The molecule has 4 nitrogen and oxygen atoms in total. The number of hydrogen-bond donors (Lipinski definition) is 2. The van der Waals surface area contributed by atoms with E-state index in [1.807, 2.05) is 13.3 Å². The van der Waals surface area contributed by atoms with Crippen LogP contribution in [0.25, 0.3) is 0 Å². The number of rotatable bonds is 5. The number of aromatic amines is 1. The minimum atomic E-state index is 0.556. The molecule has 2 heterocycles. The van der Waals surface area contributed by atoms with Gasteiger partial charge in [-0.05, 0) is 26.7 Å². The predicted octanol–water partition coefficient (Wildman–Crippen LogP) is 1.90. The lowest BCUT2D eigenvalue weighted by Gasteiger charge is -2.07.